The van der Waals surface area contributed by atoms with E-state index in [4.69, 9.17) is 4.74 Å². The molecule has 0 radical (unpaired) electrons. The monoisotopic (exact) mass is 361 g/mol. The van der Waals surface area contributed by atoms with E-state index in [1.165, 1.54) is 0 Å². The zero-order chi connectivity index (χ0) is 18.2. The van der Waals surface area contributed by atoms with Crippen molar-refractivity contribution in [1.82, 2.24) is 9.80 Å². The van der Waals surface area contributed by atoms with Crippen molar-refractivity contribution in [1.29, 1.82) is 0 Å². The van der Waals surface area contributed by atoms with Crippen LogP contribution in [0.5, 0.6) is 5.75 Å². The van der Waals surface area contributed by atoms with Crippen molar-refractivity contribution in [2.24, 2.45) is 0 Å². The van der Waals surface area contributed by atoms with Crippen LogP contribution in [0.1, 0.15) is 5.56 Å². The van der Waals surface area contributed by atoms with Gasteiger partial charge in [-0.2, -0.15) is 11.3 Å². The van der Waals surface area contributed by atoms with Gasteiger partial charge in [0.1, 0.15) is 5.75 Å². The van der Waals surface area contributed by atoms with Crippen LogP contribution in [0.15, 0.2) is 41.1 Å². The van der Waals surface area contributed by atoms with E-state index >= 15 is 0 Å². The van der Waals surface area contributed by atoms with E-state index < -0.39 is 0 Å². The largest absolute Gasteiger partial charge is 0.497 e. The molecule has 0 atom stereocenters. The minimum absolute atomic E-state index is 0.0251. The number of ether oxygens (including phenoxy) is 1. The van der Waals surface area contributed by atoms with Crippen molar-refractivity contribution in [3.63, 3.8) is 0 Å². The number of benzene rings is 1. The molecule has 1 N–H and O–H groups in total. The van der Waals surface area contributed by atoms with Gasteiger partial charge in [-0.3, -0.25) is 14.5 Å². The van der Waals surface area contributed by atoms with Gasteiger partial charge < -0.3 is 15.0 Å². The summed E-state index contributed by atoms with van der Waals surface area (Å²) in [6.07, 6.45) is 0. The molecule has 0 saturated carbocycles. The molecule has 2 aromatic rings. The third-order valence-electron chi connectivity index (χ3n) is 3.60. The highest BCUT2D eigenvalue weighted by molar-refractivity contribution is 7.07. The fourth-order valence-electron chi connectivity index (χ4n) is 2.30. The number of hydrogen-bond donors (Lipinski definition) is 1. The third-order valence-corrected chi connectivity index (χ3v) is 4.33. The number of nitrogens with one attached hydrogen (secondary N) is 1. The first-order chi connectivity index (χ1) is 12.0. The van der Waals surface area contributed by atoms with E-state index in [-0.39, 0.29) is 24.9 Å². The van der Waals surface area contributed by atoms with Gasteiger partial charge in [-0.05, 0) is 41.6 Å². The molecule has 0 spiro atoms. The van der Waals surface area contributed by atoms with Gasteiger partial charge in [0, 0.05) is 25.3 Å². The molecule has 0 fully saturated rings. The van der Waals surface area contributed by atoms with Crippen molar-refractivity contribution in [3.8, 4) is 5.75 Å². The molecule has 1 aromatic heterocycles. The SMILES string of the molecule is COc1cccc(NC(=O)CN(C)CC(=O)N(C)Cc2ccsc2)c1. The average Bonchev–Trinajstić information content (AvgIpc) is 3.07. The maximum Gasteiger partial charge on any atom is 0.238 e. The molecule has 0 bridgehead atoms. The first-order valence-corrected chi connectivity index (χ1v) is 8.79. The summed E-state index contributed by atoms with van der Waals surface area (Å²) in [4.78, 5) is 27.7. The standard InChI is InChI=1S/C18H23N3O3S/c1-20(12-18(23)21(2)10-14-7-8-25-13-14)11-17(22)19-15-5-4-6-16(9-15)24-3/h4-9,13H,10-12H2,1-3H3,(H,19,22). The molecule has 2 amide bonds. The van der Waals surface area contributed by atoms with Crippen LogP contribution in [0.25, 0.3) is 0 Å². The Hall–Kier alpha value is -2.38. The van der Waals surface area contributed by atoms with Crippen LogP contribution in [0.3, 0.4) is 0 Å². The van der Waals surface area contributed by atoms with Crippen molar-refractivity contribution >= 4 is 28.8 Å². The smallest absolute Gasteiger partial charge is 0.238 e. The van der Waals surface area contributed by atoms with Crippen molar-refractivity contribution in [2.45, 2.75) is 6.54 Å². The van der Waals surface area contributed by atoms with E-state index in [0.29, 0.717) is 18.0 Å². The number of methoxy groups -OCH3 is 1. The van der Waals surface area contributed by atoms with Gasteiger partial charge in [0.2, 0.25) is 11.8 Å². The van der Waals surface area contributed by atoms with Crippen LogP contribution in [-0.4, -0.2) is 55.9 Å². The number of amides is 2. The third kappa shape index (κ3) is 6.21. The van der Waals surface area contributed by atoms with Gasteiger partial charge >= 0.3 is 0 Å². The summed E-state index contributed by atoms with van der Waals surface area (Å²) >= 11 is 1.61. The number of carbonyl (C=O) groups is 2. The predicted molar refractivity (Wildman–Crippen MR) is 99.9 cm³/mol. The Labute approximate surface area is 152 Å². The molecule has 7 heteroatoms. The molecule has 0 unspecified atom stereocenters. The number of anilines is 1. The average molecular weight is 361 g/mol. The van der Waals surface area contributed by atoms with Crippen LogP contribution in [-0.2, 0) is 16.1 Å². The molecular weight excluding hydrogens is 338 g/mol. The maximum absolute atomic E-state index is 12.2. The zero-order valence-electron chi connectivity index (χ0n) is 14.7. The number of thiophene rings is 1. The molecule has 1 heterocycles. The molecule has 0 aliphatic rings. The summed E-state index contributed by atoms with van der Waals surface area (Å²) in [6.45, 7) is 0.896. The molecule has 2 rings (SSSR count). The molecule has 0 aliphatic heterocycles. The second-order valence-corrected chi connectivity index (χ2v) is 6.61. The molecule has 134 valence electrons. The summed E-state index contributed by atoms with van der Waals surface area (Å²) in [7, 11) is 5.10. The number of nitrogens with zero attached hydrogens (tertiary/aromatic N) is 2. The minimum atomic E-state index is -0.177. The Kier molecular flexibility index (Phi) is 6.97. The second-order valence-electron chi connectivity index (χ2n) is 5.83. The molecule has 0 aliphatic carbocycles. The molecule has 25 heavy (non-hydrogen) atoms. The van der Waals surface area contributed by atoms with Crippen LogP contribution in [0.2, 0.25) is 0 Å². The topological polar surface area (TPSA) is 61.9 Å². The number of likely N-dealkylation sites (N-methyl/N-ethyl adjacent to an activating group) is 2. The fourth-order valence-corrected chi connectivity index (χ4v) is 2.96. The molecular formula is C18H23N3O3S. The summed E-state index contributed by atoms with van der Waals surface area (Å²) < 4.78 is 5.13. The Morgan fingerprint density at radius 2 is 2.00 bits per heavy atom. The van der Waals surface area contributed by atoms with Gasteiger partial charge in [0.25, 0.3) is 0 Å². The van der Waals surface area contributed by atoms with Gasteiger partial charge in [-0.25, -0.2) is 0 Å². The summed E-state index contributed by atoms with van der Waals surface area (Å²) in [5, 5.41) is 6.81. The number of rotatable bonds is 8. The van der Waals surface area contributed by atoms with E-state index in [1.807, 2.05) is 22.9 Å². The lowest BCUT2D eigenvalue weighted by atomic mass is 10.3. The maximum atomic E-state index is 12.2. The lowest BCUT2D eigenvalue weighted by Gasteiger charge is -2.21. The molecule has 0 saturated heterocycles. The Morgan fingerprint density at radius 3 is 2.68 bits per heavy atom. The van der Waals surface area contributed by atoms with Crippen molar-refractivity contribution in [2.75, 3.05) is 39.6 Å². The van der Waals surface area contributed by atoms with Crippen molar-refractivity contribution in [3.05, 3.63) is 46.7 Å². The highest BCUT2D eigenvalue weighted by Gasteiger charge is 2.15. The summed E-state index contributed by atoms with van der Waals surface area (Å²) in [5.74, 6) is 0.475. The summed E-state index contributed by atoms with van der Waals surface area (Å²) in [6, 6.07) is 9.16. The molecule has 6 nitrogen and oxygen atoms in total. The van der Waals surface area contributed by atoms with Crippen LogP contribution in [0.4, 0.5) is 5.69 Å². The second kappa shape index (κ2) is 9.19. The first kappa shape index (κ1) is 19.0. The van der Waals surface area contributed by atoms with E-state index in [0.717, 1.165) is 5.56 Å². The highest BCUT2D eigenvalue weighted by atomic mass is 32.1. The van der Waals surface area contributed by atoms with Crippen LogP contribution < -0.4 is 10.1 Å². The lowest BCUT2D eigenvalue weighted by molar-refractivity contribution is -0.131. The first-order valence-electron chi connectivity index (χ1n) is 7.85. The van der Waals surface area contributed by atoms with Crippen LogP contribution in [0, 0.1) is 0 Å². The summed E-state index contributed by atoms with van der Waals surface area (Å²) in [5.41, 5.74) is 1.78. The van der Waals surface area contributed by atoms with Crippen molar-refractivity contribution < 1.29 is 14.3 Å². The highest BCUT2D eigenvalue weighted by Crippen LogP contribution is 2.16. The lowest BCUT2D eigenvalue weighted by Crippen LogP contribution is -2.39. The normalized spacial score (nSPS) is 10.6. The number of hydrogen-bond acceptors (Lipinski definition) is 5. The minimum Gasteiger partial charge on any atom is -0.497 e. The van der Waals surface area contributed by atoms with E-state index in [9.17, 15) is 9.59 Å². The van der Waals surface area contributed by atoms with Gasteiger partial charge in [-0.1, -0.05) is 6.07 Å². The quantitative estimate of drug-likeness (QED) is 0.784. The Morgan fingerprint density at radius 1 is 1.20 bits per heavy atom. The van der Waals surface area contributed by atoms with Gasteiger partial charge in [-0.15, -0.1) is 0 Å². The fraction of sp³-hybridized carbons (Fsp3) is 0.333. The zero-order valence-corrected chi connectivity index (χ0v) is 15.5. The van der Waals surface area contributed by atoms with E-state index in [1.54, 1.807) is 60.5 Å². The van der Waals surface area contributed by atoms with E-state index in [2.05, 4.69) is 5.32 Å². The van der Waals surface area contributed by atoms with Gasteiger partial charge in [0.05, 0.1) is 20.2 Å². The Balaban J connectivity index is 1.79. The Bertz CT molecular complexity index is 703. The van der Waals surface area contributed by atoms with Gasteiger partial charge in [0.15, 0.2) is 0 Å². The predicted octanol–water partition coefficient (Wildman–Crippen LogP) is 2.29. The van der Waals surface area contributed by atoms with Crippen LogP contribution >= 0.6 is 11.3 Å². The molecule has 1 aromatic carbocycles. The number of carbonyl (C=O) groups excluding carboxylic acids is 2.